The molecule has 9 nitrogen and oxygen atoms in total. The minimum absolute atomic E-state index is 0.0421. The van der Waals surface area contributed by atoms with Crippen molar-refractivity contribution < 1.29 is 26.0 Å². The molecule has 0 aliphatic rings. The average molecular weight is 555 g/mol. The number of hydrogen-bond acceptors (Lipinski definition) is 6. The molecule has 12 heteroatoms. The van der Waals surface area contributed by atoms with Gasteiger partial charge in [0.1, 0.15) is 12.4 Å². The van der Waals surface area contributed by atoms with Crippen LogP contribution in [0.1, 0.15) is 5.56 Å². The third-order valence-electron chi connectivity index (χ3n) is 5.37. The monoisotopic (exact) mass is 554 g/mol. The summed E-state index contributed by atoms with van der Waals surface area (Å²) in [6.07, 6.45) is 2.88. The summed E-state index contributed by atoms with van der Waals surface area (Å²) in [6.45, 7) is 1.26. The highest BCUT2D eigenvalue weighted by Gasteiger charge is 2.27. The summed E-state index contributed by atoms with van der Waals surface area (Å²) in [5, 5.41) is 2.58. The topological polar surface area (TPSA) is 126 Å². The summed E-state index contributed by atoms with van der Waals surface area (Å²) < 4.78 is 68.7. The Morgan fingerprint density at radius 2 is 1.47 bits per heavy atom. The first kappa shape index (κ1) is 26.8. The van der Waals surface area contributed by atoms with E-state index in [4.69, 9.17) is 0 Å². The summed E-state index contributed by atoms with van der Waals surface area (Å²) in [4.78, 5) is 16.5. The molecule has 3 aromatic carbocycles. The molecule has 0 spiro atoms. The molecule has 0 unspecified atom stereocenters. The number of benzene rings is 3. The van der Waals surface area contributed by atoms with Crippen LogP contribution in [-0.4, -0.2) is 34.3 Å². The number of pyridine rings is 1. The molecule has 2 N–H and O–H groups in total. The van der Waals surface area contributed by atoms with Crippen molar-refractivity contribution in [2.24, 2.45) is 0 Å². The normalized spacial score (nSPS) is 11.5. The molecule has 4 rings (SSSR count). The van der Waals surface area contributed by atoms with Gasteiger partial charge >= 0.3 is 0 Å². The lowest BCUT2D eigenvalue weighted by molar-refractivity contribution is -0.114. The zero-order chi connectivity index (χ0) is 27.3. The molecular formula is C26H23FN4O5S2. The van der Waals surface area contributed by atoms with Gasteiger partial charge in [-0.1, -0.05) is 17.7 Å². The first-order chi connectivity index (χ1) is 18.0. The Morgan fingerprint density at radius 3 is 2.08 bits per heavy atom. The Morgan fingerprint density at radius 1 is 0.842 bits per heavy atom. The Hall–Kier alpha value is -4.29. The number of nitrogens with zero attached hydrogens (tertiary/aromatic N) is 2. The van der Waals surface area contributed by atoms with Gasteiger partial charge in [0.25, 0.3) is 20.0 Å². The van der Waals surface area contributed by atoms with Crippen LogP contribution in [0.15, 0.2) is 107 Å². The average Bonchev–Trinajstić information content (AvgIpc) is 2.89. The highest BCUT2D eigenvalue weighted by molar-refractivity contribution is 7.93. The van der Waals surface area contributed by atoms with Crippen molar-refractivity contribution in [1.29, 1.82) is 0 Å². The van der Waals surface area contributed by atoms with Crippen LogP contribution in [0.2, 0.25) is 0 Å². The molecule has 0 atom stereocenters. The Balaban J connectivity index is 1.53. The molecule has 0 bridgehead atoms. The maximum atomic E-state index is 13.4. The van der Waals surface area contributed by atoms with E-state index in [-0.39, 0.29) is 21.2 Å². The molecule has 4 aromatic rings. The lowest BCUT2D eigenvalue weighted by Gasteiger charge is -2.24. The Labute approximate surface area is 220 Å². The standard InChI is InChI=1S/C26H23FN4O5S2/c1-19-4-10-23(11-5-19)31(38(35,36)25-12-6-20(27)7-13-25)18-26(32)29-21-8-14-24(15-9-21)37(33,34)30-22-3-2-16-28-17-22/h2-17,30H,18H2,1H3,(H,29,32). The van der Waals surface area contributed by atoms with E-state index in [0.717, 1.165) is 34.1 Å². The number of aryl methyl sites for hydroxylation is 1. The quantitative estimate of drug-likeness (QED) is 0.320. The van der Waals surface area contributed by atoms with Gasteiger partial charge in [0.2, 0.25) is 5.91 Å². The van der Waals surface area contributed by atoms with E-state index in [9.17, 15) is 26.0 Å². The second-order valence-electron chi connectivity index (χ2n) is 8.22. The molecule has 0 saturated heterocycles. The van der Waals surface area contributed by atoms with E-state index in [2.05, 4.69) is 15.0 Å². The van der Waals surface area contributed by atoms with Crippen LogP contribution in [-0.2, 0) is 24.8 Å². The van der Waals surface area contributed by atoms with Gasteiger partial charge in [-0.3, -0.25) is 18.8 Å². The van der Waals surface area contributed by atoms with Crippen molar-refractivity contribution >= 4 is 43.0 Å². The minimum atomic E-state index is -4.21. The van der Waals surface area contributed by atoms with Crippen molar-refractivity contribution in [2.75, 3.05) is 20.9 Å². The number of anilines is 3. The van der Waals surface area contributed by atoms with Gasteiger partial charge in [-0.05, 0) is 79.7 Å². The minimum Gasteiger partial charge on any atom is -0.325 e. The predicted molar refractivity (Wildman–Crippen MR) is 142 cm³/mol. The Bertz CT molecular complexity index is 1630. The van der Waals surface area contributed by atoms with E-state index in [0.29, 0.717) is 5.69 Å². The summed E-state index contributed by atoms with van der Waals surface area (Å²) in [6, 6.07) is 19.4. The lowest BCUT2D eigenvalue weighted by Crippen LogP contribution is -2.38. The maximum Gasteiger partial charge on any atom is 0.264 e. The van der Waals surface area contributed by atoms with E-state index in [1.165, 1.54) is 36.7 Å². The fourth-order valence-electron chi connectivity index (χ4n) is 3.45. The van der Waals surface area contributed by atoms with E-state index in [1.807, 2.05) is 6.92 Å². The van der Waals surface area contributed by atoms with Crippen molar-refractivity contribution in [3.05, 3.63) is 109 Å². The van der Waals surface area contributed by atoms with E-state index in [1.54, 1.807) is 36.4 Å². The van der Waals surface area contributed by atoms with Gasteiger partial charge in [0.15, 0.2) is 0 Å². The molecule has 0 saturated carbocycles. The van der Waals surface area contributed by atoms with Gasteiger partial charge in [0, 0.05) is 11.9 Å². The van der Waals surface area contributed by atoms with Crippen molar-refractivity contribution in [2.45, 2.75) is 16.7 Å². The van der Waals surface area contributed by atoms with Crippen LogP contribution in [0.5, 0.6) is 0 Å². The van der Waals surface area contributed by atoms with Crippen molar-refractivity contribution in [3.63, 3.8) is 0 Å². The SMILES string of the molecule is Cc1ccc(N(CC(=O)Nc2ccc(S(=O)(=O)Nc3cccnc3)cc2)S(=O)(=O)c2ccc(F)cc2)cc1. The number of hydrogen-bond donors (Lipinski definition) is 2. The molecule has 196 valence electrons. The second kappa shape index (κ2) is 11.0. The van der Waals surface area contributed by atoms with E-state index < -0.39 is 38.3 Å². The summed E-state index contributed by atoms with van der Waals surface area (Å²) in [7, 11) is -8.10. The summed E-state index contributed by atoms with van der Waals surface area (Å²) >= 11 is 0. The van der Waals surface area contributed by atoms with Gasteiger partial charge in [-0.15, -0.1) is 0 Å². The highest BCUT2D eigenvalue weighted by atomic mass is 32.2. The lowest BCUT2D eigenvalue weighted by atomic mass is 10.2. The van der Waals surface area contributed by atoms with Crippen LogP contribution < -0.4 is 14.3 Å². The van der Waals surface area contributed by atoms with Gasteiger partial charge < -0.3 is 5.32 Å². The first-order valence-corrected chi connectivity index (χ1v) is 14.1. The fraction of sp³-hybridized carbons (Fsp3) is 0.0769. The second-order valence-corrected chi connectivity index (χ2v) is 11.8. The zero-order valence-corrected chi connectivity index (χ0v) is 21.7. The van der Waals surface area contributed by atoms with Crippen LogP contribution in [0.25, 0.3) is 0 Å². The summed E-state index contributed by atoms with van der Waals surface area (Å²) in [5.74, 6) is -1.26. The molecule has 0 radical (unpaired) electrons. The van der Waals surface area contributed by atoms with Gasteiger partial charge in [-0.25, -0.2) is 21.2 Å². The number of sulfonamides is 2. The maximum absolute atomic E-state index is 13.4. The smallest absolute Gasteiger partial charge is 0.264 e. The molecule has 1 amide bonds. The number of nitrogens with one attached hydrogen (secondary N) is 2. The van der Waals surface area contributed by atoms with Gasteiger partial charge in [-0.2, -0.15) is 0 Å². The number of rotatable bonds is 9. The predicted octanol–water partition coefficient (Wildman–Crippen LogP) is 4.16. The van der Waals surface area contributed by atoms with Crippen molar-refractivity contribution in [1.82, 2.24) is 4.98 Å². The largest absolute Gasteiger partial charge is 0.325 e. The number of carbonyl (C=O) groups excluding carboxylic acids is 1. The van der Waals surface area contributed by atoms with Crippen LogP contribution in [0, 0.1) is 12.7 Å². The molecular weight excluding hydrogens is 531 g/mol. The summed E-state index contributed by atoms with van der Waals surface area (Å²) in [5.41, 5.74) is 1.70. The molecule has 1 aromatic heterocycles. The molecule has 0 aliphatic carbocycles. The number of carbonyl (C=O) groups is 1. The zero-order valence-electron chi connectivity index (χ0n) is 20.1. The van der Waals surface area contributed by atoms with Crippen LogP contribution >= 0.6 is 0 Å². The number of amides is 1. The van der Waals surface area contributed by atoms with Crippen LogP contribution in [0.3, 0.4) is 0 Å². The molecule has 1 heterocycles. The molecule has 0 aliphatic heterocycles. The highest BCUT2D eigenvalue weighted by Crippen LogP contribution is 2.25. The first-order valence-electron chi connectivity index (χ1n) is 11.2. The number of halogens is 1. The van der Waals surface area contributed by atoms with Gasteiger partial charge in [0.05, 0.1) is 27.4 Å². The number of aromatic nitrogens is 1. The Kier molecular flexibility index (Phi) is 7.74. The fourth-order valence-corrected chi connectivity index (χ4v) is 5.91. The van der Waals surface area contributed by atoms with E-state index >= 15 is 0 Å². The third-order valence-corrected chi connectivity index (χ3v) is 8.56. The third kappa shape index (κ3) is 6.33. The van der Waals surface area contributed by atoms with Crippen LogP contribution in [0.4, 0.5) is 21.5 Å². The molecule has 38 heavy (non-hydrogen) atoms. The molecule has 0 fully saturated rings. The van der Waals surface area contributed by atoms with Crippen molar-refractivity contribution in [3.8, 4) is 0 Å².